The third-order valence-electron chi connectivity index (χ3n) is 4.17. The molecule has 1 unspecified atom stereocenters. The van der Waals surface area contributed by atoms with Crippen molar-refractivity contribution in [3.05, 3.63) is 48.0 Å². The lowest BCUT2D eigenvalue weighted by molar-refractivity contribution is -0.118. The van der Waals surface area contributed by atoms with Crippen molar-refractivity contribution in [3.63, 3.8) is 0 Å². The van der Waals surface area contributed by atoms with Gasteiger partial charge in [-0.3, -0.25) is 9.10 Å². The molecule has 1 atom stereocenters. The molecular weight excluding hydrogens is 344 g/mol. The second-order valence-corrected chi connectivity index (χ2v) is 7.38. The van der Waals surface area contributed by atoms with Crippen LogP contribution < -0.4 is 19.5 Å². The predicted molar refractivity (Wildman–Crippen MR) is 92.3 cm³/mol. The summed E-state index contributed by atoms with van der Waals surface area (Å²) in [6, 6.07) is 10.3. The van der Waals surface area contributed by atoms with Crippen LogP contribution in [-0.2, 0) is 21.2 Å². The molecule has 1 heterocycles. The summed E-state index contributed by atoms with van der Waals surface area (Å²) in [5, 5.41) is 0. The summed E-state index contributed by atoms with van der Waals surface area (Å²) in [5.74, 6) is 0.00153. The number of fused-ring (bicyclic) bond motifs is 1. The Morgan fingerprint density at radius 3 is 2.44 bits per heavy atom. The number of amides is 1. The van der Waals surface area contributed by atoms with Crippen LogP contribution in [0.5, 0.6) is 11.5 Å². The molecule has 0 radical (unpaired) electrons. The Balaban J connectivity index is 2.14. The average molecular weight is 362 g/mol. The molecule has 1 amide bonds. The van der Waals surface area contributed by atoms with E-state index in [1.54, 1.807) is 24.3 Å². The zero-order valence-corrected chi connectivity index (χ0v) is 14.6. The SMILES string of the molecule is COc1ccc(S(=O)(=O)N2c3ccccc3CC2C(N)=O)cc1OC. The van der Waals surface area contributed by atoms with E-state index in [2.05, 4.69) is 0 Å². The summed E-state index contributed by atoms with van der Waals surface area (Å²) in [5.41, 5.74) is 6.67. The van der Waals surface area contributed by atoms with Crippen molar-refractivity contribution in [2.75, 3.05) is 18.5 Å². The number of carbonyl (C=O) groups excluding carboxylic acids is 1. The number of carbonyl (C=O) groups is 1. The number of nitrogens with two attached hydrogens (primary N) is 1. The molecule has 8 heteroatoms. The third-order valence-corrected chi connectivity index (χ3v) is 5.98. The number of rotatable bonds is 5. The molecule has 1 aliphatic rings. The zero-order chi connectivity index (χ0) is 18.2. The Bertz CT molecular complexity index is 926. The van der Waals surface area contributed by atoms with E-state index in [9.17, 15) is 13.2 Å². The predicted octanol–water partition coefficient (Wildman–Crippen LogP) is 1.31. The van der Waals surface area contributed by atoms with Gasteiger partial charge >= 0.3 is 0 Å². The molecule has 0 aliphatic carbocycles. The van der Waals surface area contributed by atoms with Crippen LogP contribution in [0.1, 0.15) is 5.56 Å². The molecular formula is C17H18N2O5S. The van der Waals surface area contributed by atoms with E-state index < -0.39 is 22.0 Å². The standard InChI is InChI=1S/C17H18N2O5S/c1-23-15-8-7-12(10-16(15)24-2)25(21,22)19-13-6-4-3-5-11(13)9-14(19)17(18)20/h3-8,10,14H,9H2,1-2H3,(H2,18,20). The average Bonchev–Trinajstić information content (AvgIpc) is 3.01. The van der Waals surface area contributed by atoms with Gasteiger partial charge in [0.25, 0.3) is 10.0 Å². The van der Waals surface area contributed by atoms with Gasteiger partial charge in [-0.2, -0.15) is 0 Å². The van der Waals surface area contributed by atoms with Crippen LogP contribution in [-0.4, -0.2) is 34.6 Å². The number of para-hydroxylation sites is 1. The van der Waals surface area contributed by atoms with Crippen LogP contribution in [0, 0.1) is 0 Å². The van der Waals surface area contributed by atoms with Crippen LogP contribution in [0.2, 0.25) is 0 Å². The summed E-state index contributed by atoms with van der Waals surface area (Å²) >= 11 is 0. The van der Waals surface area contributed by atoms with Crippen molar-refractivity contribution in [2.45, 2.75) is 17.4 Å². The van der Waals surface area contributed by atoms with E-state index in [-0.39, 0.29) is 17.1 Å². The van der Waals surface area contributed by atoms with E-state index in [0.717, 1.165) is 9.87 Å². The van der Waals surface area contributed by atoms with E-state index >= 15 is 0 Å². The smallest absolute Gasteiger partial charge is 0.265 e. The molecule has 0 aromatic heterocycles. The minimum atomic E-state index is -4.01. The molecule has 2 aromatic rings. The van der Waals surface area contributed by atoms with Crippen molar-refractivity contribution in [3.8, 4) is 11.5 Å². The van der Waals surface area contributed by atoms with Crippen molar-refractivity contribution >= 4 is 21.6 Å². The van der Waals surface area contributed by atoms with Crippen LogP contribution in [0.3, 0.4) is 0 Å². The molecule has 2 aromatic carbocycles. The first-order chi connectivity index (χ1) is 11.9. The summed E-state index contributed by atoms with van der Waals surface area (Å²) < 4.78 is 37.8. The number of hydrogen-bond acceptors (Lipinski definition) is 5. The fourth-order valence-corrected chi connectivity index (χ4v) is 4.63. The Morgan fingerprint density at radius 1 is 1.12 bits per heavy atom. The van der Waals surface area contributed by atoms with Gasteiger partial charge < -0.3 is 15.2 Å². The summed E-state index contributed by atoms with van der Waals surface area (Å²) in [6.45, 7) is 0. The number of primary amides is 1. The molecule has 0 fully saturated rings. The maximum atomic E-state index is 13.2. The Labute approximate surface area is 146 Å². The lowest BCUT2D eigenvalue weighted by Crippen LogP contribution is -2.45. The molecule has 7 nitrogen and oxygen atoms in total. The van der Waals surface area contributed by atoms with Gasteiger partial charge in [0.15, 0.2) is 11.5 Å². The van der Waals surface area contributed by atoms with E-state index in [0.29, 0.717) is 11.4 Å². The molecule has 0 spiro atoms. The number of methoxy groups -OCH3 is 2. The first kappa shape index (κ1) is 17.1. The molecule has 2 N–H and O–H groups in total. The molecule has 132 valence electrons. The van der Waals surface area contributed by atoms with Crippen LogP contribution >= 0.6 is 0 Å². The highest BCUT2D eigenvalue weighted by atomic mass is 32.2. The highest BCUT2D eigenvalue weighted by Crippen LogP contribution is 2.38. The zero-order valence-electron chi connectivity index (χ0n) is 13.8. The second-order valence-electron chi connectivity index (χ2n) is 5.57. The molecule has 1 aliphatic heterocycles. The van der Waals surface area contributed by atoms with Gasteiger partial charge in [0.05, 0.1) is 24.8 Å². The van der Waals surface area contributed by atoms with Crippen molar-refractivity contribution in [1.82, 2.24) is 0 Å². The Hall–Kier alpha value is -2.74. The van der Waals surface area contributed by atoms with Crippen molar-refractivity contribution < 1.29 is 22.7 Å². The fraction of sp³-hybridized carbons (Fsp3) is 0.235. The summed E-state index contributed by atoms with van der Waals surface area (Å²) in [6.07, 6.45) is 0.248. The van der Waals surface area contributed by atoms with Gasteiger partial charge in [-0.05, 0) is 23.8 Å². The molecule has 3 rings (SSSR count). The minimum absolute atomic E-state index is 0.00639. The largest absolute Gasteiger partial charge is 0.493 e. The number of benzene rings is 2. The number of nitrogens with zero attached hydrogens (tertiary/aromatic N) is 1. The van der Waals surface area contributed by atoms with Gasteiger partial charge in [-0.25, -0.2) is 8.42 Å². The quantitative estimate of drug-likeness (QED) is 0.865. The third kappa shape index (κ3) is 2.78. The normalized spacial score (nSPS) is 16.4. The van der Waals surface area contributed by atoms with Gasteiger partial charge in [-0.15, -0.1) is 0 Å². The van der Waals surface area contributed by atoms with Crippen LogP contribution in [0.4, 0.5) is 5.69 Å². The molecule has 0 bridgehead atoms. The summed E-state index contributed by atoms with van der Waals surface area (Å²) in [7, 11) is -1.12. The van der Waals surface area contributed by atoms with Gasteiger partial charge in [0.2, 0.25) is 5.91 Å². The highest BCUT2D eigenvalue weighted by molar-refractivity contribution is 7.93. The molecule has 0 saturated carbocycles. The first-order valence-electron chi connectivity index (χ1n) is 7.54. The maximum absolute atomic E-state index is 13.2. The maximum Gasteiger partial charge on any atom is 0.265 e. The molecule has 0 saturated heterocycles. The van der Waals surface area contributed by atoms with E-state index in [1.807, 2.05) is 0 Å². The second kappa shape index (κ2) is 6.29. The van der Waals surface area contributed by atoms with Crippen LogP contribution in [0.25, 0.3) is 0 Å². The van der Waals surface area contributed by atoms with Gasteiger partial charge in [0, 0.05) is 12.5 Å². The first-order valence-corrected chi connectivity index (χ1v) is 8.98. The number of sulfonamides is 1. The Morgan fingerprint density at radius 2 is 1.80 bits per heavy atom. The summed E-state index contributed by atoms with van der Waals surface area (Å²) in [4.78, 5) is 11.8. The fourth-order valence-electron chi connectivity index (χ4n) is 2.96. The van der Waals surface area contributed by atoms with E-state index in [1.165, 1.54) is 32.4 Å². The highest BCUT2D eigenvalue weighted by Gasteiger charge is 2.41. The number of hydrogen-bond donors (Lipinski definition) is 1. The lowest BCUT2D eigenvalue weighted by Gasteiger charge is -2.25. The van der Waals surface area contributed by atoms with Crippen molar-refractivity contribution in [2.24, 2.45) is 5.73 Å². The molecule has 25 heavy (non-hydrogen) atoms. The monoisotopic (exact) mass is 362 g/mol. The van der Waals surface area contributed by atoms with E-state index in [4.69, 9.17) is 15.2 Å². The minimum Gasteiger partial charge on any atom is -0.493 e. The van der Waals surface area contributed by atoms with Gasteiger partial charge in [0.1, 0.15) is 6.04 Å². The van der Waals surface area contributed by atoms with Crippen LogP contribution in [0.15, 0.2) is 47.4 Å². The Kier molecular flexibility index (Phi) is 4.30. The van der Waals surface area contributed by atoms with Crippen molar-refractivity contribution in [1.29, 1.82) is 0 Å². The number of anilines is 1. The lowest BCUT2D eigenvalue weighted by atomic mass is 10.1. The number of ether oxygens (including phenoxy) is 2. The topological polar surface area (TPSA) is 98.9 Å². The van der Waals surface area contributed by atoms with Gasteiger partial charge in [-0.1, -0.05) is 18.2 Å².